The topological polar surface area (TPSA) is 53.7 Å². The molecule has 0 heterocycles. The van der Waals surface area contributed by atoms with Gasteiger partial charge in [-0.1, -0.05) is 0 Å². The lowest BCUT2D eigenvalue weighted by Crippen LogP contribution is -2.09. The van der Waals surface area contributed by atoms with Gasteiger partial charge in [-0.25, -0.2) is 4.39 Å². The first-order valence-corrected chi connectivity index (χ1v) is 5.48. The molecule has 4 nitrogen and oxygen atoms in total. The molecule has 0 bridgehead atoms. The van der Waals surface area contributed by atoms with Crippen molar-refractivity contribution < 1.29 is 18.6 Å². The molecular weight excluding hydrogens is 225 g/mol. The number of nitrogens with two attached hydrogens (primary N) is 1. The molecule has 0 spiro atoms. The zero-order chi connectivity index (χ0) is 12.5. The molecule has 1 aromatic rings. The van der Waals surface area contributed by atoms with Crippen LogP contribution >= 0.6 is 0 Å². The van der Waals surface area contributed by atoms with E-state index in [2.05, 4.69) is 0 Å². The third-order valence-electron chi connectivity index (χ3n) is 2.08. The number of rotatable bonds is 8. The van der Waals surface area contributed by atoms with Crippen LogP contribution in [0, 0.1) is 5.82 Å². The summed E-state index contributed by atoms with van der Waals surface area (Å²) < 4.78 is 28.6. The first-order chi connectivity index (χ1) is 8.24. The number of methoxy groups -OCH3 is 1. The molecular formula is C12H18FNO3. The van der Waals surface area contributed by atoms with Crippen LogP contribution in [0.4, 0.5) is 10.1 Å². The van der Waals surface area contributed by atoms with Crippen molar-refractivity contribution in [1.82, 2.24) is 0 Å². The smallest absolute Gasteiger partial charge is 0.167 e. The summed E-state index contributed by atoms with van der Waals surface area (Å²) in [6.45, 7) is 2.02. The molecule has 0 aromatic heterocycles. The number of anilines is 1. The van der Waals surface area contributed by atoms with Crippen molar-refractivity contribution in [2.24, 2.45) is 0 Å². The van der Waals surface area contributed by atoms with Crippen molar-refractivity contribution in [2.75, 3.05) is 39.3 Å². The van der Waals surface area contributed by atoms with Crippen molar-refractivity contribution in [1.29, 1.82) is 0 Å². The molecule has 0 fully saturated rings. The van der Waals surface area contributed by atoms with Gasteiger partial charge in [0.2, 0.25) is 0 Å². The Labute approximate surface area is 100 Å². The van der Waals surface area contributed by atoms with Crippen LogP contribution in [0.25, 0.3) is 0 Å². The lowest BCUT2D eigenvalue weighted by atomic mass is 10.3. The Kier molecular flexibility index (Phi) is 6.35. The summed E-state index contributed by atoms with van der Waals surface area (Å²) in [6, 6.07) is 4.34. The fraction of sp³-hybridized carbons (Fsp3) is 0.500. The van der Waals surface area contributed by atoms with E-state index in [9.17, 15) is 4.39 Å². The monoisotopic (exact) mass is 243 g/mol. The van der Waals surface area contributed by atoms with Crippen LogP contribution in [0.5, 0.6) is 5.75 Å². The van der Waals surface area contributed by atoms with E-state index in [1.807, 2.05) is 0 Å². The number of halogens is 1. The highest BCUT2D eigenvalue weighted by Crippen LogP contribution is 2.18. The summed E-state index contributed by atoms with van der Waals surface area (Å²) in [4.78, 5) is 0. The normalized spacial score (nSPS) is 10.5. The Hall–Kier alpha value is -1.33. The quantitative estimate of drug-likeness (QED) is 0.559. The number of hydrogen-bond acceptors (Lipinski definition) is 4. The van der Waals surface area contributed by atoms with Gasteiger partial charge in [0.1, 0.15) is 6.61 Å². The molecule has 2 N–H and O–H groups in total. The summed E-state index contributed by atoms with van der Waals surface area (Å²) in [5.74, 6) is -0.260. The fourth-order valence-electron chi connectivity index (χ4n) is 1.25. The lowest BCUT2D eigenvalue weighted by molar-refractivity contribution is 0.0797. The second-order valence-corrected chi connectivity index (χ2v) is 3.50. The molecule has 0 aliphatic carbocycles. The van der Waals surface area contributed by atoms with Crippen molar-refractivity contribution in [3.05, 3.63) is 24.0 Å². The Balaban J connectivity index is 2.14. The second kappa shape index (κ2) is 7.86. The van der Waals surface area contributed by atoms with Crippen LogP contribution in [0.15, 0.2) is 18.2 Å². The Morgan fingerprint density at radius 3 is 2.71 bits per heavy atom. The molecule has 0 aliphatic heterocycles. The summed E-state index contributed by atoms with van der Waals surface area (Å²) in [5.41, 5.74) is 5.80. The highest BCUT2D eigenvalue weighted by Gasteiger charge is 2.02. The predicted octanol–water partition coefficient (Wildman–Crippen LogP) is 1.84. The van der Waals surface area contributed by atoms with Crippen molar-refractivity contribution >= 4 is 5.69 Å². The molecule has 0 aliphatic rings. The van der Waals surface area contributed by atoms with Gasteiger partial charge in [0, 0.05) is 32.1 Å². The van der Waals surface area contributed by atoms with E-state index in [0.717, 1.165) is 6.42 Å². The molecule has 1 rings (SSSR count). The van der Waals surface area contributed by atoms with Gasteiger partial charge in [-0.2, -0.15) is 0 Å². The minimum atomic E-state index is -0.454. The van der Waals surface area contributed by atoms with E-state index in [1.165, 1.54) is 12.1 Å². The maximum atomic E-state index is 13.3. The zero-order valence-electron chi connectivity index (χ0n) is 9.95. The zero-order valence-corrected chi connectivity index (χ0v) is 9.95. The first-order valence-electron chi connectivity index (χ1n) is 5.48. The summed E-state index contributed by atoms with van der Waals surface area (Å²) >= 11 is 0. The van der Waals surface area contributed by atoms with Gasteiger partial charge in [-0.05, 0) is 18.6 Å². The Bertz CT molecular complexity index is 334. The number of hydrogen-bond donors (Lipinski definition) is 1. The van der Waals surface area contributed by atoms with E-state index < -0.39 is 5.82 Å². The van der Waals surface area contributed by atoms with Crippen LogP contribution in [-0.4, -0.2) is 33.5 Å². The highest BCUT2D eigenvalue weighted by molar-refractivity contribution is 5.42. The molecule has 0 saturated heterocycles. The van der Waals surface area contributed by atoms with Crippen molar-refractivity contribution in [3.8, 4) is 5.75 Å². The van der Waals surface area contributed by atoms with Crippen LogP contribution in [-0.2, 0) is 9.47 Å². The minimum Gasteiger partial charge on any atom is -0.488 e. The molecule has 0 atom stereocenters. The molecule has 96 valence electrons. The van der Waals surface area contributed by atoms with Crippen LogP contribution in [0.2, 0.25) is 0 Å². The van der Waals surface area contributed by atoms with Gasteiger partial charge in [-0.3, -0.25) is 0 Å². The average Bonchev–Trinajstić information content (AvgIpc) is 2.30. The van der Waals surface area contributed by atoms with Crippen molar-refractivity contribution in [3.63, 3.8) is 0 Å². The highest BCUT2D eigenvalue weighted by atomic mass is 19.1. The van der Waals surface area contributed by atoms with Crippen LogP contribution in [0.3, 0.4) is 0 Å². The van der Waals surface area contributed by atoms with E-state index in [0.29, 0.717) is 32.1 Å². The van der Waals surface area contributed by atoms with Gasteiger partial charge >= 0.3 is 0 Å². The predicted molar refractivity (Wildman–Crippen MR) is 63.6 cm³/mol. The van der Waals surface area contributed by atoms with E-state index in [1.54, 1.807) is 13.2 Å². The van der Waals surface area contributed by atoms with Crippen LogP contribution < -0.4 is 10.5 Å². The van der Waals surface area contributed by atoms with E-state index >= 15 is 0 Å². The third-order valence-corrected chi connectivity index (χ3v) is 2.08. The molecule has 0 radical (unpaired) electrons. The average molecular weight is 243 g/mol. The molecule has 5 heteroatoms. The number of ether oxygens (including phenoxy) is 3. The Morgan fingerprint density at radius 2 is 2.00 bits per heavy atom. The van der Waals surface area contributed by atoms with Crippen LogP contribution in [0.1, 0.15) is 6.42 Å². The summed E-state index contributed by atoms with van der Waals surface area (Å²) in [5, 5.41) is 0. The van der Waals surface area contributed by atoms with Crippen molar-refractivity contribution in [2.45, 2.75) is 6.42 Å². The minimum absolute atomic E-state index is 0.194. The molecule has 0 unspecified atom stereocenters. The third kappa shape index (κ3) is 5.51. The first kappa shape index (κ1) is 13.7. The Morgan fingerprint density at radius 1 is 1.18 bits per heavy atom. The van der Waals surface area contributed by atoms with Gasteiger partial charge in [0.15, 0.2) is 11.6 Å². The summed E-state index contributed by atoms with van der Waals surface area (Å²) in [7, 11) is 1.65. The van der Waals surface area contributed by atoms with Gasteiger partial charge in [0.05, 0.1) is 6.61 Å². The molecule has 17 heavy (non-hydrogen) atoms. The summed E-state index contributed by atoms with van der Waals surface area (Å²) in [6.07, 6.45) is 0.840. The largest absolute Gasteiger partial charge is 0.488 e. The second-order valence-electron chi connectivity index (χ2n) is 3.50. The van der Waals surface area contributed by atoms with Gasteiger partial charge in [0.25, 0.3) is 0 Å². The molecule has 0 saturated carbocycles. The maximum Gasteiger partial charge on any atom is 0.167 e. The number of benzene rings is 1. The van der Waals surface area contributed by atoms with E-state index in [-0.39, 0.29) is 5.75 Å². The van der Waals surface area contributed by atoms with Gasteiger partial charge < -0.3 is 19.9 Å². The van der Waals surface area contributed by atoms with E-state index in [4.69, 9.17) is 19.9 Å². The molecule has 1 aromatic carbocycles. The van der Waals surface area contributed by atoms with Gasteiger partial charge in [-0.15, -0.1) is 0 Å². The molecule has 0 amide bonds. The number of nitrogen functional groups attached to an aromatic ring is 1. The lowest BCUT2D eigenvalue weighted by Gasteiger charge is -2.08. The maximum absolute atomic E-state index is 13.3. The fourth-order valence-corrected chi connectivity index (χ4v) is 1.25. The SMILES string of the molecule is COCCCOCCOc1ccc(N)cc1F. The standard InChI is InChI=1S/C12H18FNO3/c1-15-5-2-6-16-7-8-17-12-4-3-10(14)9-11(12)13/h3-4,9H,2,5-8,14H2,1H3.